The fourth-order valence-electron chi connectivity index (χ4n) is 3.47. The monoisotopic (exact) mass is 315 g/mol. The lowest BCUT2D eigenvalue weighted by Gasteiger charge is -2.30. The van der Waals surface area contributed by atoms with Crippen molar-refractivity contribution in [3.63, 3.8) is 0 Å². The molecule has 3 rings (SSSR count). The van der Waals surface area contributed by atoms with Gasteiger partial charge in [-0.1, -0.05) is 44.2 Å². The number of nitrogens with zero attached hydrogens (tertiary/aromatic N) is 2. The molecule has 1 aromatic carbocycles. The van der Waals surface area contributed by atoms with Crippen molar-refractivity contribution in [3.8, 4) is 0 Å². The Hall–Kier alpha value is -1.39. The van der Waals surface area contributed by atoms with Crippen LogP contribution in [-0.4, -0.2) is 46.9 Å². The van der Waals surface area contributed by atoms with E-state index in [4.69, 9.17) is 5.73 Å². The second-order valence-corrected chi connectivity index (χ2v) is 7.39. The van der Waals surface area contributed by atoms with Gasteiger partial charge in [0.1, 0.15) is 0 Å². The second-order valence-electron chi connectivity index (χ2n) is 7.39. The second kappa shape index (κ2) is 7.02. The number of hydrogen-bond acceptors (Lipinski definition) is 3. The Morgan fingerprint density at radius 1 is 1.22 bits per heavy atom. The van der Waals surface area contributed by atoms with Crippen LogP contribution in [0.2, 0.25) is 0 Å². The SMILES string of the molecule is CC(C)C(N)C(=O)N1CCC(N(Cc2ccccc2)C2CC2)C1. The molecule has 0 bridgehead atoms. The van der Waals surface area contributed by atoms with Crippen molar-refractivity contribution < 1.29 is 4.79 Å². The number of carbonyl (C=O) groups is 1. The molecule has 0 spiro atoms. The molecule has 1 amide bonds. The van der Waals surface area contributed by atoms with Gasteiger partial charge in [0.05, 0.1) is 6.04 Å². The van der Waals surface area contributed by atoms with Gasteiger partial charge in [0.15, 0.2) is 0 Å². The number of hydrogen-bond donors (Lipinski definition) is 1. The van der Waals surface area contributed by atoms with Gasteiger partial charge in [-0.05, 0) is 30.7 Å². The minimum Gasteiger partial charge on any atom is -0.340 e. The van der Waals surface area contributed by atoms with Gasteiger partial charge in [-0.2, -0.15) is 0 Å². The Morgan fingerprint density at radius 3 is 2.52 bits per heavy atom. The van der Waals surface area contributed by atoms with Gasteiger partial charge in [0.25, 0.3) is 0 Å². The molecule has 2 N–H and O–H groups in total. The smallest absolute Gasteiger partial charge is 0.239 e. The quantitative estimate of drug-likeness (QED) is 0.876. The molecular weight excluding hydrogens is 286 g/mol. The zero-order chi connectivity index (χ0) is 16.4. The van der Waals surface area contributed by atoms with Gasteiger partial charge in [-0.15, -0.1) is 0 Å². The van der Waals surface area contributed by atoms with E-state index in [0.29, 0.717) is 12.1 Å². The first-order valence-corrected chi connectivity index (χ1v) is 8.90. The molecule has 1 aromatic rings. The van der Waals surface area contributed by atoms with Gasteiger partial charge in [-0.3, -0.25) is 9.69 Å². The minimum atomic E-state index is -0.364. The van der Waals surface area contributed by atoms with Gasteiger partial charge < -0.3 is 10.6 Å². The first kappa shape index (κ1) is 16.5. The number of nitrogens with two attached hydrogens (primary N) is 1. The molecule has 2 unspecified atom stereocenters. The Balaban J connectivity index is 1.62. The fourth-order valence-corrected chi connectivity index (χ4v) is 3.47. The molecule has 1 saturated carbocycles. The summed E-state index contributed by atoms with van der Waals surface area (Å²) in [4.78, 5) is 17.1. The molecule has 2 fully saturated rings. The number of rotatable bonds is 6. The number of likely N-dealkylation sites (tertiary alicyclic amines) is 1. The molecule has 4 heteroatoms. The summed E-state index contributed by atoms with van der Waals surface area (Å²) in [6.45, 7) is 6.71. The van der Waals surface area contributed by atoms with Crippen LogP contribution in [0.25, 0.3) is 0 Å². The largest absolute Gasteiger partial charge is 0.340 e. The maximum Gasteiger partial charge on any atom is 0.239 e. The van der Waals surface area contributed by atoms with Gasteiger partial charge in [-0.25, -0.2) is 0 Å². The first-order chi connectivity index (χ1) is 11.1. The average Bonchev–Trinajstić information content (AvgIpc) is 3.28. The summed E-state index contributed by atoms with van der Waals surface area (Å²) in [5, 5.41) is 0. The van der Waals surface area contributed by atoms with Crippen LogP contribution >= 0.6 is 0 Å². The molecule has 1 heterocycles. The highest BCUT2D eigenvalue weighted by Gasteiger charge is 2.39. The van der Waals surface area contributed by atoms with Gasteiger partial charge in [0.2, 0.25) is 5.91 Å². The van der Waals surface area contributed by atoms with E-state index < -0.39 is 0 Å². The lowest BCUT2D eigenvalue weighted by Crippen LogP contribution is -2.47. The van der Waals surface area contributed by atoms with Crippen LogP contribution in [-0.2, 0) is 11.3 Å². The zero-order valence-corrected chi connectivity index (χ0v) is 14.3. The first-order valence-electron chi connectivity index (χ1n) is 8.90. The lowest BCUT2D eigenvalue weighted by atomic mass is 10.0. The van der Waals surface area contributed by atoms with Crippen molar-refractivity contribution in [3.05, 3.63) is 35.9 Å². The Bertz CT molecular complexity index is 527. The third-order valence-corrected chi connectivity index (χ3v) is 5.17. The molecule has 0 radical (unpaired) electrons. The molecule has 126 valence electrons. The van der Waals surface area contributed by atoms with Gasteiger partial charge >= 0.3 is 0 Å². The summed E-state index contributed by atoms with van der Waals surface area (Å²) >= 11 is 0. The molecule has 1 saturated heterocycles. The van der Waals surface area contributed by atoms with E-state index >= 15 is 0 Å². The van der Waals surface area contributed by atoms with Crippen LogP contribution in [0.4, 0.5) is 0 Å². The highest BCUT2D eigenvalue weighted by Crippen LogP contribution is 2.33. The highest BCUT2D eigenvalue weighted by molar-refractivity contribution is 5.82. The summed E-state index contributed by atoms with van der Waals surface area (Å²) in [6.07, 6.45) is 3.66. The molecule has 1 aliphatic carbocycles. The van der Waals surface area contributed by atoms with Crippen LogP contribution in [0.5, 0.6) is 0 Å². The third kappa shape index (κ3) is 3.93. The average molecular weight is 315 g/mol. The third-order valence-electron chi connectivity index (χ3n) is 5.17. The van der Waals surface area contributed by atoms with Crippen LogP contribution in [0.1, 0.15) is 38.7 Å². The van der Waals surface area contributed by atoms with E-state index in [1.54, 1.807) is 0 Å². The number of carbonyl (C=O) groups excluding carboxylic acids is 1. The van der Waals surface area contributed by atoms with Crippen molar-refractivity contribution in [2.45, 2.75) is 57.8 Å². The van der Waals surface area contributed by atoms with Crippen LogP contribution in [0.3, 0.4) is 0 Å². The van der Waals surface area contributed by atoms with Gasteiger partial charge in [0, 0.05) is 31.7 Å². The lowest BCUT2D eigenvalue weighted by molar-refractivity contribution is -0.132. The van der Waals surface area contributed by atoms with Crippen LogP contribution in [0, 0.1) is 5.92 Å². The summed E-state index contributed by atoms with van der Waals surface area (Å²) in [7, 11) is 0. The summed E-state index contributed by atoms with van der Waals surface area (Å²) in [5.74, 6) is 0.323. The molecule has 23 heavy (non-hydrogen) atoms. The van der Waals surface area contributed by atoms with E-state index in [-0.39, 0.29) is 17.9 Å². The normalized spacial score (nSPS) is 22.8. The van der Waals surface area contributed by atoms with E-state index in [1.807, 2.05) is 18.7 Å². The maximum absolute atomic E-state index is 12.5. The van der Waals surface area contributed by atoms with Crippen molar-refractivity contribution >= 4 is 5.91 Å². The topological polar surface area (TPSA) is 49.6 Å². The standard InChI is InChI=1S/C19H29N3O/c1-14(2)18(20)19(23)21-11-10-17(13-21)22(16-8-9-16)12-15-6-4-3-5-7-15/h3-7,14,16-18H,8-13,20H2,1-2H3. The van der Waals surface area contributed by atoms with Crippen LogP contribution < -0.4 is 5.73 Å². The van der Waals surface area contributed by atoms with E-state index in [0.717, 1.165) is 26.1 Å². The maximum atomic E-state index is 12.5. The molecule has 2 atom stereocenters. The molecule has 4 nitrogen and oxygen atoms in total. The molecular formula is C19H29N3O. The zero-order valence-electron chi connectivity index (χ0n) is 14.3. The van der Waals surface area contributed by atoms with E-state index in [2.05, 4.69) is 35.2 Å². The van der Waals surface area contributed by atoms with Crippen molar-refractivity contribution in [2.24, 2.45) is 11.7 Å². The summed E-state index contributed by atoms with van der Waals surface area (Å²) in [6, 6.07) is 11.5. The van der Waals surface area contributed by atoms with Crippen molar-refractivity contribution in [2.75, 3.05) is 13.1 Å². The van der Waals surface area contributed by atoms with E-state index in [1.165, 1.54) is 18.4 Å². The number of benzene rings is 1. The highest BCUT2D eigenvalue weighted by atomic mass is 16.2. The fraction of sp³-hybridized carbons (Fsp3) is 0.632. The number of amides is 1. The Morgan fingerprint density at radius 2 is 1.91 bits per heavy atom. The Kier molecular flexibility index (Phi) is 5.02. The van der Waals surface area contributed by atoms with E-state index in [9.17, 15) is 4.79 Å². The molecule has 1 aliphatic heterocycles. The predicted molar refractivity (Wildman–Crippen MR) is 92.8 cm³/mol. The molecule has 2 aliphatic rings. The van der Waals surface area contributed by atoms with Crippen LogP contribution in [0.15, 0.2) is 30.3 Å². The van der Waals surface area contributed by atoms with Crippen molar-refractivity contribution in [1.82, 2.24) is 9.80 Å². The molecule has 0 aromatic heterocycles. The van der Waals surface area contributed by atoms with Crippen molar-refractivity contribution in [1.29, 1.82) is 0 Å². The summed E-state index contributed by atoms with van der Waals surface area (Å²) in [5.41, 5.74) is 7.42. The predicted octanol–water partition coefficient (Wildman–Crippen LogP) is 2.24. The summed E-state index contributed by atoms with van der Waals surface area (Å²) < 4.78 is 0. The Labute approximate surface area is 139 Å². The minimum absolute atomic E-state index is 0.123.